The van der Waals surface area contributed by atoms with Crippen LogP contribution in [0, 0.1) is 0 Å². The molecule has 2 N–H and O–H groups in total. The summed E-state index contributed by atoms with van der Waals surface area (Å²) >= 11 is 0. The van der Waals surface area contributed by atoms with Gasteiger partial charge in [0.25, 0.3) is 0 Å². The molecule has 0 aliphatic heterocycles. The summed E-state index contributed by atoms with van der Waals surface area (Å²) in [5, 5.41) is 154. The van der Waals surface area contributed by atoms with Crippen LogP contribution < -0.4 is 5.32 Å². The van der Waals surface area contributed by atoms with Crippen LogP contribution in [0.3, 0.4) is 0 Å². The van der Waals surface area contributed by atoms with Crippen molar-refractivity contribution >= 4 is 25.9 Å². The summed E-state index contributed by atoms with van der Waals surface area (Å²) in [7, 11) is -4.75. The van der Waals surface area contributed by atoms with Gasteiger partial charge in [-0.25, -0.2) is 14.2 Å². The van der Waals surface area contributed by atoms with Crippen molar-refractivity contribution in [2.24, 2.45) is 0 Å². The third kappa shape index (κ3) is 77.4. The van der Waals surface area contributed by atoms with Gasteiger partial charge in [-0.05, 0) is 66.1 Å². The van der Waals surface area contributed by atoms with Crippen LogP contribution in [0.4, 0.5) is 4.79 Å². The van der Waals surface area contributed by atoms with Crippen molar-refractivity contribution in [3.8, 4) is 0 Å². The largest absolute Gasteiger partial charge is 0.472 e. The summed E-state index contributed by atoms with van der Waals surface area (Å²) in [6, 6.07) is 0. The van der Waals surface area contributed by atoms with Crippen LogP contribution in [-0.4, -0.2) is 68.6 Å². The second kappa shape index (κ2) is 77.5. The normalized spacial score (nSPS) is 12.6. The molecule has 0 fully saturated rings. The molecule has 2 atom stereocenters. The summed E-state index contributed by atoms with van der Waals surface area (Å²) in [4.78, 5) is 56.0. The number of ether oxygens (including phenoxy) is 3. The molecule has 0 bridgehead atoms. The SMILES string of the molecule is C/C=C\OOOOOOOOOOOOOOOOOOOOOOOOOOOOOOOOOOOOOOOOOOOOCCOC(=O)NCCOP(=O)(O)OC[C@@H](COC(=O)CCCCCCCCCCCCC)OC(=O)CCCCCCCCCCCCC. The minimum absolute atomic E-state index is 0.108. The fourth-order valence-electron chi connectivity index (χ4n) is 5.84. The Balaban J connectivity index is 3.77. The van der Waals surface area contributed by atoms with Crippen LogP contribution in [0.15, 0.2) is 12.3 Å². The number of phosphoric acid groups is 1. The van der Waals surface area contributed by atoms with Gasteiger partial charge in [0.05, 0.1) is 13.2 Å². The number of alkyl carbamates (subject to hydrolysis) is 1. The number of amides is 1. The van der Waals surface area contributed by atoms with E-state index in [1.807, 2.05) is 0 Å². The molecule has 0 aliphatic rings. The molecule has 1 unspecified atom stereocenters. The first-order chi connectivity index (χ1) is 46.7. The number of hydrogen-bond donors (Lipinski definition) is 2. The summed E-state index contributed by atoms with van der Waals surface area (Å²) < 4.78 is 38.2. The number of allylic oxidation sites excluding steroid dienone is 1. The van der Waals surface area contributed by atoms with Gasteiger partial charge in [0, 0.05) is 191 Å². The highest BCUT2D eigenvalue weighted by atomic mass is 31.2. The molecule has 0 heterocycles. The van der Waals surface area contributed by atoms with Crippen LogP contribution in [0.5, 0.6) is 0 Å². The first-order valence-electron chi connectivity index (χ1n) is 27.5. The van der Waals surface area contributed by atoms with Crippen molar-refractivity contribution in [2.45, 2.75) is 181 Å². The van der Waals surface area contributed by atoms with E-state index in [0.29, 0.717) is 12.8 Å². The fourth-order valence-corrected chi connectivity index (χ4v) is 6.59. The molecule has 0 spiro atoms. The Morgan fingerprint density at radius 2 is 0.663 bits per heavy atom. The lowest BCUT2D eigenvalue weighted by Gasteiger charge is -2.20. The van der Waals surface area contributed by atoms with Crippen LogP contribution in [0.1, 0.15) is 175 Å². The lowest BCUT2D eigenvalue weighted by atomic mass is 10.1. The number of hydrogen-bond acceptors (Lipinski definition) is 53. The minimum Gasteiger partial charge on any atom is -0.462 e. The van der Waals surface area contributed by atoms with Crippen LogP contribution >= 0.6 is 7.82 Å². The number of esters is 2. The van der Waals surface area contributed by atoms with E-state index in [-0.39, 0.29) is 19.4 Å². The molecule has 0 saturated carbocycles. The number of carbonyl (C=O) groups excluding carboxylic acids is 3. The molecular weight excluding hydrogens is 1380 g/mol. The number of nitrogens with one attached hydrogen (secondary N) is 1. The summed E-state index contributed by atoms with van der Waals surface area (Å²) in [6.07, 6.45) is 24.9. The predicted octanol–water partition coefficient (Wildman–Crippen LogP) is 7.31. The first kappa shape index (κ1) is 91.1. The van der Waals surface area contributed by atoms with Crippen molar-refractivity contribution in [2.75, 3.05) is 39.6 Å². The Morgan fingerprint density at radius 3 is 1.00 bits per heavy atom. The van der Waals surface area contributed by atoms with Gasteiger partial charge in [0.15, 0.2) is 6.10 Å². The Labute approximate surface area is 532 Å². The van der Waals surface area contributed by atoms with Crippen LogP contribution in [0.25, 0.3) is 0 Å². The van der Waals surface area contributed by atoms with E-state index in [4.69, 9.17) is 23.3 Å². The van der Waals surface area contributed by atoms with E-state index in [2.05, 4.69) is 241 Å². The quantitative estimate of drug-likeness (QED) is 0.0115. The lowest BCUT2D eigenvalue weighted by Crippen LogP contribution is -2.30. The molecule has 564 valence electrons. The van der Waals surface area contributed by atoms with Crippen molar-refractivity contribution in [1.82, 2.24) is 5.32 Å². The minimum atomic E-state index is -4.75. The fraction of sp³-hybridized carbons (Fsp3) is 0.872. The zero-order valence-electron chi connectivity index (χ0n) is 50.5. The molecule has 55 nitrogen and oxygen atoms in total. The van der Waals surface area contributed by atoms with Gasteiger partial charge < -0.3 is 29.3 Å². The van der Waals surface area contributed by atoms with Gasteiger partial charge in [0.2, 0.25) is 0 Å². The highest BCUT2D eigenvalue weighted by Gasteiger charge is 2.26. The van der Waals surface area contributed by atoms with Crippen molar-refractivity contribution in [3.05, 3.63) is 12.3 Å². The second-order valence-electron chi connectivity index (χ2n) is 16.3. The molecule has 1 amide bonds. The van der Waals surface area contributed by atoms with Gasteiger partial charge in [-0.1, -0.05) is 142 Å². The van der Waals surface area contributed by atoms with E-state index < -0.39 is 65.0 Å². The maximum absolute atomic E-state index is 12.7. The molecule has 0 aromatic carbocycles. The third-order valence-corrected chi connectivity index (χ3v) is 10.5. The molecule has 56 heteroatoms. The first-order valence-corrected chi connectivity index (χ1v) is 29.0. The van der Waals surface area contributed by atoms with Gasteiger partial charge in [-0.15, -0.1) is 0 Å². The van der Waals surface area contributed by atoms with Gasteiger partial charge in [-0.3, -0.25) is 18.6 Å². The molecule has 0 aromatic heterocycles. The summed E-state index contributed by atoms with van der Waals surface area (Å²) in [5.41, 5.74) is 0. The number of carbonyl (C=O) groups is 3. The third-order valence-electron chi connectivity index (χ3n) is 9.56. The molecule has 0 aliphatic carbocycles. The predicted molar refractivity (Wildman–Crippen MR) is 251 cm³/mol. The van der Waals surface area contributed by atoms with E-state index in [1.54, 1.807) is 6.92 Å². The van der Waals surface area contributed by atoms with Crippen molar-refractivity contribution < 1.29 is 268 Å². The van der Waals surface area contributed by atoms with Crippen LogP contribution in [0.2, 0.25) is 0 Å². The maximum Gasteiger partial charge on any atom is 0.472 e. The monoisotopic (exact) mass is 1450 g/mol. The van der Waals surface area contributed by atoms with E-state index in [9.17, 15) is 23.8 Å². The average Bonchev–Trinajstić information content (AvgIpc) is 1.41. The number of phosphoric ester groups is 1. The zero-order valence-corrected chi connectivity index (χ0v) is 51.4. The van der Waals surface area contributed by atoms with E-state index in [0.717, 1.165) is 57.6 Å². The molecule has 0 radical (unpaired) electrons. The van der Waals surface area contributed by atoms with Gasteiger partial charge >= 0.3 is 25.9 Å². The Morgan fingerprint density at radius 1 is 0.358 bits per heavy atom. The second-order valence-corrected chi connectivity index (χ2v) is 17.7. The number of rotatable bonds is 81. The van der Waals surface area contributed by atoms with Crippen molar-refractivity contribution in [3.63, 3.8) is 0 Å². The highest BCUT2D eigenvalue weighted by Crippen LogP contribution is 2.43. The topological polar surface area (TPSA) is 553 Å². The molecule has 0 saturated heterocycles. The zero-order chi connectivity index (χ0) is 68.8. The molecular formula is C39H74NO54P. The van der Waals surface area contributed by atoms with Gasteiger partial charge in [-0.2, -0.15) is 0 Å². The van der Waals surface area contributed by atoms with E-state index >= 15 is 0 Å². The summed E-state index contributed by atoms with van der Waals surface area (Å²) in [5.74, 6) is -1.07. The number of unbranched alkanes of at least 4 members (excludes halogenated alkanes) is 20. The molecule has 0 rings (SSSR count). The average molecular weight is 1450 g/mol. The van der Waals surface area contributed by atoms with Gasteiger partial charge in [0.1, 0.15) is 26.1 Å². The smallest absolute Gasteiger partial charge is 0.462 e. The summed E-state index contributed by atoms with van der Waals surface area (Å²) in [6.45, 7) is 3.24. The lowest BCUT2D eigenvalue weighted by molar-refractivity contribution is -0.909. The molecule has 95 heavy (non-hydrogen) atoms. The van der Waals surface area contributed by atoms with Crippen molar-refractivity contribution in [1.29, 1.82) is 0 Å². The Kier molecular flexibility index (Phi) is 74.3. The Hall–Kier alpha value is -3.86. The van der Waals surface area contributed by atoms with E-state index in [1.165, 1.54) is 83.1 Å². The highest BCUT2D eigenvalue weighted by molar-refractivity contribution is 7.47. The van der Waals surface area contributed by atoms with Crippen LogP contribution in [-0.2, 0) is 259 Å². The molecule has 0 aromatic rings. The Bertz CT molecular complexity index is 1680. The maximum atomic E-state index is 12.7. The standard InChI is InChI=1S/C39H74NO54P/c1-4-7-9-11-13-15-17-19-21-23-25-27-37(41)47-34-36(52-38(42)28-26-24-22-20-18-16-14-12-10-8-5-2)35-51-95(44,45)50-31-29-40-39(43)46-32-33-49-54-56-58-60-62-64-66-68-70-72-74-76-78-80-82-84-86-88-90-92-94-93-91-89-87-85-83-81-79-77-75-73-71-69-67-65-63-61-59-57-55-53-48-30-6-3/h6,30,36H,4-5,7-29,31-35H2,1-3H3,(H,40,43)(H,44,45)/b30-6-/t36-/m1/s1.